The van der Waals surface area contributed by atoms with E-state index < -0.39 is 11.6 Å². The van der Waals surface area contributed by atoms with Crippen molar-refractivity contribution < 1.29 is 14.6 Å². The predicted octanol–water partition coefficient (Wildman–Crippen LogP) is 3.44. The second-order valence-corrected chi connectivity index (χ2v) is 12.4. The number of hydrogen-bond acceptors (Lipinski definition) is 11. The molecule has 3 aromatic rings. The van der Waals surface area contributed by atoms with Crippen LogP contribution in [-0.2, 0) is 18.4 Å². The highest BCUT2D eigenvalue weighted by atomic mass is 16.4. The molecule has 42 heavy (non-hydrogen) atoms. The van der Waals surface area contributed by atoms with Crippen molar-refractivity contribution in [3.8, 4) is 17.6 Å². The zero-order valence-corrected chi connectivity index (χ0v) is 24.5. The van der Waals surface area contributed by atoms with E-state index in [2.05, 4.69) is 45.4 Å². The molecule has 12 nitrogen and oxygen atoms in total. The van der Waals surface area contributed by atoms with Crippen LogP contribution in [0.5, 0.6) is 11.5 Å². The molecule has 0 unspecified atom stereocenters. The van der Waals surface area contributed by atoms with Gasteiger partial charge in [0.1, 0.15) is 11.6 Å². The molecule has 0 amide bonds. The maximum atomic E-state index is 10.8. The van der Waals surface area contributed by atoms with Gasteiger partial charge in [0.25, 0.3) is 0 Å². The van der Waals surface area contributed by atoms with Crippen molar-refractivity contribution in [1.82, 2.24) is 25.5 Å². The number of rotatable bonds is 9. The molecule has 222 valence electrons. The summed E-state index contributed by atoms with van der Waals surface area (Å²) in [6, 6.07) is 8.95. The summed E-state index contributed by atoms with van der Waals surface area (Å²) in [6.45, 7) is 8.84. The van der Waals surface area contributed by atoms with Crippen LogP contribution in [0.15, 0.2) is 39.1 Å². The molecule has 2 aliphatic heterocycles. The molecule has 2 fully saturated rings. The van der Waals surface area contributed by atoms with Gasteiger partial charge in [-0.15, -0.1) is 0 Å². The number of benzene rings is 1. The number of aliphatic imine (C=N–C) groups is 1. The van der Waals surface area contributed by atoms with Crippen LogP contribution < -0.4 is 21.3 Å². The summed E-state index contributed by atoms with van der Waals surface area (Å²) in [7, 11) is 0. The van der Waals surface area contributed by atoms with E-state index in [4.69, 9.17) is 15.1 Å². The Kier molecular flexibility index (Phi) is 6.93. The normalized spacial score (nSPS) is 21.9. The molecule has 7 N–H and O–H groups in total. The zero-order valence-electron chi connectivity index (χ0n) is 24.5. The van der Waals surface area contributed by atoms with Crippen molar-refractivity contribution >= 4 is 23.3 Å². The minimum absolute atomic E-state index is 0.172. The first-order valence-corrected chi connectivity index (χ1v) is 14.5. The van der Waals surface area contributed by atoms with Crippen molar-refractivity contribution in [1.29, 1.82) is 5.26 Å². The summed E-state index contributed by atoms with van der Waals surface area (Å²) >= 11 is 0. The van der Waals surface area contributed by atoms with E-state index in [-0.39, 0.29) is 23.4 Å². The first kappa shape index (κ1) is 27.8. The highest BCUT2D eigenvalue weighted by molar-refractivity contribution is 5.76. The standard InChI is InChI=1S/C30H39N9O3/c1-16(2)38(12-22-25(40)26(41)29(42-22)39-15-35-24-27(32)33-14-34-28(24)39)19-9-17(10-19)5-8-23-36-20-7-6-18(11-21(20)37-23)30(3,4)13-31/h6-7,11,14,16-17,19,28,35,40-41H,5,8-10,12,15,32H2,1-4H3,(H,33,34)(H,36,37)/t17?,19?,28-/m1/s1. The molecule has 0 bridgehead atoms. The average molecular weight is 574 g/mol. The number of furan rings is 1. The number of fused-ring (bicyclic) bond motifs is 2. The van der Waals surface area contributed by atoms with E-state index in [0.717, 1.165) is 48.1 Å². The van der Waals surface area contributed by atoms with Gasteiger partial charge in [-0.1, -0.05) is 6.07 Å². The third-order valence-corrected chi connectivity index (χ3v) is 8.88. The van der Waals surface area contributed by atoms with Gasteiger partial charge in [0.15, 0.2) is 11.9 Å². The first-order chi connectivity index (χ1) is 20.1. The van der Waals surface area contributed by atoms with E-state index in [1.807, 2.05) is 32.0 Å². The Morgan fingerprint density at radius 3 is 2.79 bits per heavy atom. The zero-order chi connectivity index (χ0) is 29.8. The molecule has 2 aromatic heterocycles. The number of H-pyrrole nitrogens is 1. The summed E-state index contributed by atoms with van der Waals surface area (Å²) in [6.07, 6.45) is 5.05. The number of anilines is 1. The molecular formula is C30H39N9O3. The number of nitrogens with zero attached hydrogens (tertiary/aromatic N) is 5. The lowest BCUT2D eigenvalue weighted by Crippen LogP contribution is -2.47. The highest BCUT2D eigenvalue weighted by Crippen LogP contribution is 2.46. The minimum atomic E-state index is -0.544. The van der Waals surface area contributed by atoms with E-state index in [0.29, 0.717) is 42.5 Å². The second kappa shape index (κ2) is 10.5. The Morgan fingerprint density at radius 2 is 2.05 bits per heavy atom. The van der Waals surface area contributed by atoms with Crippen LogP contribution in [-0.4, -0.2) is 56.3 Å². The number of nitrogens with two attached hydrogens (primary N) is 1. The Morgan fingerprint density at radius 1 is 1.26 bits per heavy atom. The van der Waals surface area contributed by atoms with Gasteiger partial charge in [-0.05, 0) is 70.6 Å². The maximum absolute atomic E-state index is 10.8. The molecule has 12 heteroatoms. The van der Waals surface area contributed by atoms with Crippen molar-refractivity contribution in [3.63, 3.8) is 0 Å². The van der Waals surface area contributed by atoms with Crippen molar-refractivity contribution in [3.05, 3.63) is 46.9 Å². The van der Waals surface area contributed by atoms with Crippen LogP contribution in [0.3, 0.4) is 0 Å². The first-order valence-electron chi connectivity index (χ1n) is 14.5. The number of aryl methyl sites for hydroxylation is 1. The van der Waals surface area contributed by atoms with Gasteiger partial charge in [-0.25, -0.2) is 9.98 Å². The van der Waals surface area contributed by atoms with Crippen LogP contribution in [0, 0.1) is 17.2 Å². The van der Waals surface area contributed by atoms with Crippen LogP contribution in [0.25, 0.3) is 11.0 Å². The Labute approximate surface area is 244 Å². The van der Waals surface area contributed by atoms with Gasteiger partial charge in [-0.2, -0.15) is 5.26 Å². The monoisotopic (exact) mass is 573 g/mol. The van der Waals surface area contributed by atoms with Crippen molar-refractivity contribution in [2.24, 2.45) is 16.6 Å². The second-order valence-electron chi connectivity index (χ2n) is 12.4. The lowest BCUT2D eigenvalue weighted by molar-refractivity contribution is 0.0372. The van der Waals surface area contributed by atoms with Crippen LogP contribution in [0.2, 0.25) is 0 Å². The Hall–Kier alpha value is -4.37. The fourth-order valence-electron chi connectivity index (χ4n) is 6.16. The number of imidazole rings is 1. The molecule has 0 radical (unpaired) electrons. The average Bonchev–Trinajstić information content (AvgIpc) is 3.63. The Bertz CT molecular complexity index is 1590. The number of aromatic amines is 1. The smallest absolute Gasteiger partial charge is 0.245 e. The molecular weight excluding hydrogens is 534 g/mol. The van der Waals surface area contributed by atoms with E-state index >= 15 is 0 Å². The van der Waals surface area contributed by atoms with E-state index in [9.17, 15) is 15.5 Å². The molecule has 1 aromatic carbocycles. The Balaban J connectivity index is 1.08. The topological polar surface area (TPSA) is 175 Å². The van der Waals surface area contributed by atoms with E-state index in [1.54, 1.807) is 4.90 Å². The molecule has 6 rings (SSSR count). The summed E-state index contributed by atoms with van der Waals surface area (Å²) in [5.41, 5.74) is 9.05. The van der Waals surface area contributed by atoms with Crippen molar-refractivity contribution in [2.75, 3.05) is 11.6 Å². The number of hydrogen-bond donors (Lipinski definition) is 6. The largest absolute Gasteiger partial charge is 0.502 e. The van der Waals surface area contributed by atoms with E-state index in [1.165, 1.54) is 6.34 Å². The molecule has 1 atom stereocenters. The predicted molar refractivity (Wildman–Crippen MR) is 159 cm³/mol. The molecule has 1 aliphatic carbocycles. The van der Waals surface area contributed by atoms with Crippen LogP contribution in [0.4, 0.5) is 5.88 Å². The van der Waals surface area contributed by atoms with Gasteiger partial charge >= 0.3 is 0 Å². The third-order valence-electron chi connectivity index (χ3n) is 8.88. The van der Waals surface area contributed by atoms with Crippen LogP contribution in [0.1, 0.15) is 64.1 Å². The quantitative estimate of drug-likeness (QED) is 0.222. The maximum Gasteiger partial charge on any atom is 0.245 e. The lowest BCUT2D eigenvalue weighted by atomic mass is 9.76. The number of aromatic hydroxyl groups is 2. The van der Waals surface area contributed by atoms with Crippen molar-refractivity contribution in [2.45, 2.75) is 83.6 Å². The number of nitriles is 1. The fraction of sp³-hybridized carbons (Fsp3) is 0.500. The van der Waals surface area contributed by atoms with Gasteiger partial charge < -0.3 is 36.0 Å². The number of nitrogens with one attached hydrogen (secondary N) is 3. The molecule has 1 saturated heterocycles. The summed E-state index contributed by atoms with van der Waals surface area (Å²) in [5, 5.41) is 37.1. The van der Waals surface area contributed by atoms with Gasteiger partial charge in [-0.3, -0.25) is 9.80 Å². The molecule has 0 spiro atoms. The van der Waals surface area contributed by atoms with Gasteiger partial charge in [0.05, 0.1) is 47.8 Å². The summed E-state index contributed by atoms with van der Waals surface area (Å²) < 4.78 is 6.07. The fourth-order valence-corrected chi connectivity index (χ4v) is 6.16. The van der Waals surface area contributed by atoms with Gasteiger partial charge in [0.2, 0.25) is 17.4 Å². The minimum Gasteiger partial charge on any atom is -0.502 e. The van der Waals surface area contributed by atoms with Gasteiger partial charge in [0, 0.05) is 18.5 Å². The highest BCUT2D eigenvalue weighted by Gasteiger charge is 2.39. The summed E-state index contributed by atoms with van der Waals surface area (Å²) in [5.74, 6) is 2.00. The summed E-state index contributed by atoms with van der Waals surface area (Å²) in [4.78, 5) is 16.7. The number of aromatic nitrogens is 2. The lowest BCUT2D eigenvalue weighted by Gasteiger charge is -2.44. The molecule has 3 aliphatic rings. The third kappa shape index (κ3) is 4.87. The molecule has 4 heterocycles. The molecule has 1 saturated carbocycles. The SMILES string of the molecule is CC(C)N(Cc1oc(N2CNC3=C(N)NC=N[C@@H]32)c(O)c1O)C1CC(CCc2nc3ccc(C(C)(C)C#N)cc3[nH]2)C1. The van der Waals surface area contributed by atoms with Crippen LogP contribution >= 0.6 is 0 Å².